The van der Waals surface area contributed by atoms with Crippen LogP contribution in [0.15, 0.2) is 16.6 Å². The molecule has 0 heterocycles. The first-order chi connectivity index (χ1) is 7.19. The molecule has 1 rings (SSSR count). The van der Waals surface area contributed by atoms with Gasteiger partial charge in [-0.3, -0.25) is 4.79 Å². The number of hydrogen-bond donors (Lipinski definition) is 0. The predicted molar refractivity (Wildman–Crippen MR) is 61.6 cm³/mol. The summed E-state index contributed by atoms with van der Waals surface area (Å²) in [6.45, 7) is 2.87. The van der Waals surface area contributed by atoms with Crippen LogP contribution < -0.4 is 4.74 Å². The molecule has 15 heavy (non-hydrogen) atoms. The fraction of sp³-hybridized carbons (Fsp3) is 0.364. The van der Waals surface area contributed by atoms with E-state index in [1.54, 1.807) is 19.2 Å². The molecule has 0 amide bonds. The van der Waals surface area contributed by atoms with E-state index in [4.69, 9.17) is 9.47 Å². The molecular formula is C11H13BrO3. The number of carbonyl (C=O) groups excluding carboxylic acids is 1. The van der Waals surface area contributed by atoms with Crippen molar-refractivity contribution in [1.82, 2.24) is 0 Å². The third-order valence-corrected chi connectivity index (χ3v) is 2.82. The first-order valence-electron chi connectivity index (χ1n) is 4.56. The number of aryl methyl sites for hydroxylation is 1. The Morgan fingerprint density at radius 1 is 1.40 bits per heavy atom. The van der Waals surface area contributed by atoms with Gasteiger partial charge in [0.05, 0.1) is 12.2 Å². The van der Waals surface area contributed by atoms with E-state index < -0.39 is 0 Å². The number of halogens is 1. The Kier molecular flexibility index (Phi) is 4.78. The SMILES string of the molecule is COCCOc1cc(Br)c(C)cc1C=O. The largest absolute Gasteiger partial charge is 0.490 e. The van der Waals surface area contributed by atoms with Crippen LogP contribution in [0.5, 0.6) is 5.75 Å². The van der Waals surface area contributed by atoms with Crippen LogP contribution in [0.1, 0.15) is 15.9 Å². The van der Waals surface area contributed by atoms with Crippen molar-refractivity contribution in [2.45, 2.75) is 6.92 Å². The first kappa shape index (κ1) is 12.2. The van der Waals surface area contributed by atoms with E-state index >= 15 is 0 Å². The molecule has 3 nitrogen and oxygen atoms in total. The minimum Gasteiger partial charge on any atom is -0.490 e. The van der Waals surface area contributed by atoms with Gasteiger partial charge in [-0.15, -0.1) is 0 Å². The fourth-order valence-electron chi connectivity index (χ4n) is 1.14. The summed E-state index contributed by atoms with van der Waals surface area (Å²) in [5.41, 5.74) is 1.57. The molecule has 4 heteroatoms. The van der Waals surface area contributed by atoms with Gasteiger partial charge >= 0.3 is 0 Å². The summed E-state index contributed by atoms with van der Waals surface area (Å²) in [5, 5.41) is 0. The molecular weight excluding hydrogens is 260 g/mol. The third kappa shape index (κ3) is 3.32. The molecule has 0 atom stereocenters. The van der Waals surface area contributed by atoms with Gasteiger partial charge in [0.15, 0.2) is 6.29 Å². The van der Waals surface area contributed by atoms with E-state index in [1.807, 2.05) is 6.92 Å². The van der Waals surface area contributed by atoms with Crippen LogP contribution in [-0.2, 0) is 4.74 Å². The standard InChI is InChI=1S/C11H13BrO3/c1-8-5-9(7-13)11(6-10(8)12)15-4-3-14-2/h5-7H,3-4H2,1-2H3. The van der Waals surface area contributed by atoms with Gasteiger partial charge in [-0.25, -0.2) is 0 Å². The summed E-state index contributed by atoms with van der Waals surface area (Å²) < 4.78 is 11.2. The molecule has 0 bridgehead atoms. The van der Waals surface area contributed by atoms with Gasteiger partial charge in [0.1, 0.15) is 12.4 Å². The quantitative estimate of drug-likeness (QED) is 0.611. The highest BCUT2D eigenvalue weighted by molar-refractivity contribution is 9.10. The highest BCUT2D eigenvalue weighted by atomic mass is 79.9. The van der Waals surface area contributed by atoms with Gasteiger partial charge < -0.3 is 9.47 Å². The van der Waals surface area contributed by atoms with Crippen molar-refractivity contribution in [1.29, 1.82) is 0 Å². The molecule has 0 aliphatic rings. The lowest BCUT2D eigenvalue weighted by molar-refractivity contribution is 0.111. The molecule has 0 aliphatic carbocycles. The maximum Gasteiger partial charge on any atom is 0.153 e. The van der Waals surface area contributed by atoms with Crippen molar-refractivity contribution in [3.05, 3.63) is 27.7 Å². The summed E-state index contributed by atoms with van der Waals surface area (Å²) in [6, 6.07) is 3.59. The molecule has 0 unspecified atom stereocenters. The monoisotopic (exact) mass is 272 g/mol. The normalized spacial score (nSPS) is 10.1. The van der Waals surface area contributed by atoms with E-state index in [0.717, 1.165) is 16.3 Å². The Bertz CT molecular complexity index is 350. The molecule has 0 saturated carbocycles. The second kappa shape index (κ2) is 5.88. The number of hydrogen-bond acceptors (Lipinski definition) is 3. The predicted octanol–water partition coefficient (Wildman–Crippen LogP) is 2.60. The minimum atomic E-state index is 0.437. The topological polar surface area (TPSA) is 35.5 Å². The van der Waals surface area contributed by atoms with Crippen LogP contribution in [0.25, 0.3) is 0 Å². The molecule has 0 N–H and O–H groups in total. The number of ether oxygens (including phenoxy) is 2. The van der Waals surface area contributed by atoms with Crippen LogP contribution in [-0.4, -0.2) is 26.6 Å². The molecule has 82 valence electrons. The highest BCUT2D eigenvalue weighted by Gasteiger charge is 2.06. The molecule has 0 saturated heterocycles. The van der Waals surface area contributed by atoms with Crippen molar-refractivity contribution in [2.75, 3.05) is 20.3 Å². The Balaban J connectivity index is 2.85. The zero-order valence-corrected chi connectivity index (χ0v) is 10.3. The number of methoxy groups -OCH3 is 1. The number of carbonyl (C=O) groups is 1. The van der Waals surface area contributed by atoms with Gasteiger partial charge in [-0.1, -0.05) is 15.9 Å². The second-order valence-electron chi connectivity index (χ2n) is 3.10. The van der Waals surface area contributed by atoms with E-state index in [2.05, 4.69) is 15.9 Å². The fourth-order valence-corrected chi connectivity index (χ4v) is 1.46. The minimum absolute atomic E-state index is 0.437. The zero-order chi connectivity index (χ0) is 11.3. The van der Waals surface area contributed by atoms with E-state index in [9.17, 15) is 4.79 Å². The summed E-state index contributed by atoms with van der Waals surface area (Å²) >= 11 is 3.39. The average Bonchev–Trinajstić information content (AvgIpc) is 2.23. The zero-order valence-electron chi connectivity index (χ0n) is 8.75. The van der Waals surface area contributed by atoms with Crippen molar-refractivity contribution in [3.8, 4) is 5.75 Å². The second-order valence-corrected chi connectivity index (χ2v) is 3.95. The van der Waals surface area contributed by atoms with E-state index in [0.29, 0.717) is 24.5 Å². The Morgan fingerprint density at radius 3 is 2.73 bits per heavy atom. The number of rotatable bonds is 5. The summed E-state index contributed by atoms with van der Waals surface area (Å²) in [4.78, 5) is 10.8. The Morgan fingerprint density at radius 2 is 2.13 bits per heavy atom. The third-order valence-electron chi connectivity index (χ3n) is 1.96. The maximum atomic E-state index is 10.8. The molecule has 1 aromatic rings. The Labute approximate surface area is 97.5 Å². The van der Waals surface area contributed by atoms with Gasteiger partial charge in [-0.05, 0) is 24.6 Å². The molecule has 0 radical (unpaired) electrons. The maximum absolute atomic E-state index is 10.8. The lowest BCUT2D eigenvalue weighted by atomic mass is 10.1. The van der Waals surface area contributed by atoms with Crippen LogP contribution in [0, 0.1) is 6.92 Å². The highest BCUT2D eigenvalue weighted by Crippen LogP contribution is 2.26. The van der Waals surface area contributed by atoms with Crippen LogP contribution >= 0.6 is 15.9 Å². The number of benzene rings is 1. The van der Waals surface area contributed by atoms with Crippen molar-refractivity contribution >= 4 is 22.2 Å². The van der Waals surface area contributed by atoms with Crippen molar-refractivity contribution in [3.63, 3.8) is 0 Å². The lowest BCUT2D eigenvalue weighted by Crippen LogP contribution is -2.06. The van der Waals surface area contributed by atoms with E-state index in [-0.39, 0.29) is 0 Å². The van der Waals surface area contributed by atoms with Gasteiger partial charge in [0.25, 0.3) is 0 Å². The van der Waals surface area contributed by atoms with Crippen LogP contribution in [0.2, 0.25) is 0 Å². The first-order valence-corrected chi connectivity index (χ1v) is 5.35. The summed E-state index contributed by atoms with van der Waals surface area (Å²) in [5.74, 6) is 0.583. The van der Waals surface area contributed by atoms with Gasteiger partial charge in [0, 0.05) is 11.6 Å². The van der Waals surface area contributed by atoms with Crippen LogP contribution in [0.4, 0.5) is 0 Å². The average molecular weight is 273 g/mol. The molecule has 1 aromatic carbocycles. The summed E-state index contributed by atoms with van der Waals surface area (Å²) in [6.07, 6.45) is 0.793. The molecule has 0 spiro atoms. The van der Waals surface area contributed by atoms with Crippen LogP contribution in [0.3, 0.4) is 0 Å². The van der Waals surface area contributed by atoms with Crippen molar-refractivity contribution < 1.29 is 14.3 Å². The van der Waals surface area contributed by atoms with Gasteiger partial charge in [0.2, 0.25) is 0 Å². The van der Waals surface area contributed by atoms with E-state index in [1.165, 1.54) is 0 Å². The lowest BCUT2D eigenvalue weighted by Gasteiger charge is -2.09. The summed E-state index contributed by atoms with van der Waals surface area (Å²) in [7, 11) is 1.61. The Hall–Kier alpha value is -0.870. The van der Waals surface area contributed by atoms with Gasteiger partial charge in [-0.2, -0.15) is 0 Å². The van der Waals surface area contributed by atoms with Crippen molar-refractivity contribution in [2.24, 2.45) is 0 Å². The molecule has 0 aromatic heterocycles. The smallest absolute Gasteiger partial charge is 0.153 e. The molecule has 0 fully saturated rings. The molecule has 0 aliphatic heterocycles. The number of aldehydes is 1.